The Balaban J connectivity index is 2.21. The number of hydrogen-bond acceptors (Lipinski definition) is 5. The van der Waals surface area contributed by atoms with E-state index in [0.717, 1.165) is 4.90 Å². The van der Waals surface area contributed by atoms with Crippen LogP contribution in [0.3, 0.4) is 0 Å². The molecule has 2 amide bonds. The first-order valence-corrected chi connectivity index (χ1v) is 6.37. The highest BCUT2D eigenvalue weighted by Gasteiger charge is 2.37. The lowest BCUT2D eigenvalue weighted by atomic mass is 10.1. The Morgan fingerprint density at radius 2 is 2.17 bits per heavy atom. The van der Waals surface area contributed by atoms with Gasteiger partial charge < -0.3 is 10.1 Å². The van der Waals surface area contributed by atoms with Crippen LogP contribution in [-0.4, -0.2) is 55.3 Å². The fourth-order valence-corrected chi connectivity index (χ4v) is 2.47. The third-order valence-corrected chi connectivity index (χ3v) is 3.46. The van der Waals surface area contributed by atoms with Crippen molar-refractivity contribution >= 4 is 29.5 Å². The molecule has 1 saturated heterocycles. The molecule has 1 aliphatic heterocycles. The van der Waals surface area contributed by atoms with Crippen LogP contribution in [-0.2, 0) is 20.8 Å². The Bertz CT molecular complexity index is 457. The molecule has 1 aliphatic rings. The van der Waals surface area contributed by atoms with Gasteiger partial charge in [-0.15, -0.1) is 11.8 Å². The molecule has 7 nitrogen and oxygen atoms in total. The summed E-state index contributed by atoms with van der Waals surface area (Å²) in [6.45, 7) is 0. The number of aromatic nitrogens is 2. The molecule has 1 aromatic rings. The highest BCUT2D eigenvalue weighted by Crippen LogP contribution is 2.17. The van der Waals surface area contributed by atoms with E-state index in [0.29, 0.717) is 5.69 Å². The zero-order valence-electron chi connectivity index (χ0n) is 9.33. The minimum Gasteiger partial charge on any atom is -0.480 e. The van der Waals surface area contributed by atoms with Crippen LogP contribution in [0.25, 0.3) is 0 Å². The average Bonchev–Trinajstić information content (AvgIpc) is 2.80. The van der Waals surface area contributed by atoms with E-state index in [1.807, 2.05) is 0 Å². The molecule has 2 rings (SSSR count). The summed E-state index contributed by atoms with van der Waals surface area (Å²) in [7, 11) is 0. The Labute approximate surface area is 107 Å². The van der Waals surface area contributed by atoms with E-state index in [2.05, 4.69) is 9.97 Å². The van der Waals surface area contributed by atoms with Gasteiger partial charge in [-0.05, 0) is 0 Å². The first kappa shape index (κ1) is 12.6. The van der Waals surface area contributed by atoms with Gasteiger partial charge in [-0.25, -0.2) is 9.78 Å². The van der Waals surface area contributed by atoms with Crippen molar-refractivity contribution < 1.29 is 19.5 Å². The highest BCUT2D eigenvalue weighted by atomic mass is 32.2. The number of nitrogens with zero attached hydrogens (tertiary/aromatic N) is 2. The standard InChI is InChI=1S/C10H11N3O4S/c14-8-3-18-4-9(15)13(8)7(10(16)17)1-6-2-11-5-12-6/h2,5,7H,1,3-4H2,(H,11,12)(H,16,17). The number of carbonyl (C=O) groups is 3. The largest absolute Gasteiger partial charge is 0.480 e. The number of aliphatic carboxylic acids is 1. The van der Waals surface area contributed by atoms with Gasteiger partial charge in [0.1, 0.15) is 6.04 Å². The molecule has 2 N–H and O–H groups in total. The number of hydrogen-bond donors (Lipinski definition) is 2. The van der Waals surface area contributed by atoms with Gasteiger partial charge >= 0.3 is 5.97 Å². The summed E-state index contributed by atoms with van der Waals surface area (Å²) in [6, 6.07) is -1.17. The number of imidazole rings is 1. The Morgan fingerprint density at radius 3 is 2.67 bits per heavy atom. The maximum absolute atomic E-state index is 11.7. The summed E-state index contributed by atoms with van der Waals surface area (Å²) in [6.07, 6.45) is 2.94. The lowest BCUT2D eigenvalue weighted by molar-refractivity contribution is -0.156. The number of carbonyl (C=O) groups excluding carboxylic acids is 2. The molecule has 8 heteroatoms. The zero-order valence-corrected chi connectivity index (χ0v) is 10.1. The molecule has 18 heavy (non-hydrogen) atoms. The van der Waals surface area contributed by atoms with Gasteiger partial charge in [-0.1, -0.05) is 0 Å². The van der Waals surface area contributed by atoms with Gasteiger partial charge in [0.2, 0.25) is 11.8 Å². The van der Waals surface area contributed by atoms with E-state index >= 15 is 0 Å². The molecule has 0 aromatic carbocycles. The lowest BCUT2D eigenvalue weighted by Crippen LogP contribution is -2.53. The van der Waals surface area contributed by atoms with E-state index in [1.165, 1.54) is 24.3 Å². The van der Waals surface area contributed by atoms with E-state index < -0.39 is 23.8 Å². The van der Waals surface area contributed by atoms with Crippen molar-refractivity contribution in [1.29, 1.82) is 0 Å². The smallest absolute Gasteiger partial charge is 0.327 e. The minimum absolute atomic E-state index is 0.0392. The topological polar surface area (TPSA) is 103 Å². The predicted molar refractivity (Wildman–Crippen MR) is 62.9 cm³/mol. The summed E-state index contributed by atoms with van der Waals surface area (Å²) in [4.78, 5) is 42.0. The van der Waals surface area contributed by atoms with Crippen molar-refractivity contribution in [1.82, 2.24) is 14.9 Å². The second-order valence-electron chi connectivity index (χ2n) is 3.79. The van der Waals surface area contributed by atoms with E-state index in [9.17, 15) is 19.5 Å². The SMILES string of the molecule is O=C(O)C(Cc1cnc[nH]1)N1C(=O)CSCC1=O. The first-order chi connectivity index (χ1) is 8.59. The predicted octanol–water partition coefficient (Wildman–Crippen LogP) is -0.493. The van der Waals surface area contributed by atoms with Crippen LogP contribution in [0.2, 0.25) is 0 Å². The third-order valence-electron chi connectivity index (χ3n) is 2.55. The van der Waals surface area contributed by atoms with Crippen LogP contribution >= 0.6 is 11.8 Å². The van der Waals surface area contributed by atoms with Gasteiger partial charge in [0.25, 0.3) is 0 Å². The van der Waals surface area contributed by atoms with Gasteiger partial charge in [0.15, 0.2) is 0 Å². The molecule has 0 aliphatic carbocycles. The summed E-state index contributed by atoms with van der Waals surface area (Å²) >= 11 is 1.20. The number of nitrogens with one attached hydrogen (secondary N) is 1. The summed E-state index contributed by atoms with van der Waals surface area (Å²) < 4.78 is 0. The van der Waals surface area contributed by atoms with E-state index in [4.69, 9.17) is 0 Å². The fraction of sp³-hybridized carbons (Fsp3) is 0.400. The number of carboxylic acids is 1. The van der Waals surface area contributed by atoms with Crippen LogP contribution in [0.4, 0.5) is 0 Å². The second kappa shape index (κ2) is 5.21. The van der Waals surface area contributed by atoms with E-state index in [-0.39, 0.29) is 17.9 Å². The molecular weight excluding hydrogens is 258 g/mol. The van der Waals surface area contributed by atoms with Crippen LogP contribution in [0.1, 0.15) is 5.69 Å². The number of imide groups is 1. The zero-order chi connectivity index (χ0) is 13.1. The molecular formula is C10H11N3O4S. The summed E-state index contributed by atoms with van der Waals surface area (Å²) in [5.41, 5.74) is 0.571. The molecule has 2 heterocycles. The summed E-state index contributed by atoms with van der Waals surface area (Å²) in [5.74, 6) is -1.83. The van der Waals surface area contributed by atoms with Crippen LogP contribution in [0, 0.1) is 0 Å². The number of H-pyrrole nitrogens is 1. The highest BCUT2D eigenvalue weighted by molar-refractivity contribution is 8.00. The van der Waals surface area contributed by atoms with Crippen molar-refractivity contribution in [2.24, 2.45) is 0 Å². The van der Waals surface area contributed by atoms with Gasteiger partial charge in [0, 0.05) is 18.3 Å². The first-order valence-electron chi connectivity index (χ1n) is 5.22. The fourth-order valence-electron chi connectivity index (χ4n) is 1.75. The average molecular weight is 269 g/mol. The quantitative estimate of drug-likeness (QED) is 0.715. The molecule has 0 radical (unpaired) electrons. The molecule has 0 bridgehead atoms. The van der Waals surface area contributed by atoms with Gasteiger partial charge in [-0.3, -0.25) is 14.5 Å². The number of thioether (sulfide) groups is 1. The Kier molecular flexibility index (Phi) is 3.66. The molecule has 96 valence electrons. The maximum atomic E-state index is 11.7. The van der Waals surface area contributed by atoms with Crippen LogP contribution in [0.15, 0.2) is 12.5 Å². The molecule has 1 fully saturated rings. The van der Waals surface area contributed by atoms with Crippen molar-refractivity contribution in [3.63, 3.8) is 0 Å². The summed E-state index contributed by atoms with van der Waals surface area (Å²) in [5, 5.41) is 9.17. The lowest BCUT2D eigenvalue weighted by Gasteiger charge is -2.29. The van der Waals surface area contributed by atoms with E-state index in [1.54, 1.807) is 0 Å². The monoisotopic (exact) mass is 269 g/mol. The molecule has 0 saturated carbocycles. The molecule has 1 atom stereocenters. The normalized spacial score (nSPS) is 17.9. The molecule has 1 aromatic heterocycles. The molecule has 1 unspecified atom stereocenters. The van der Waals surface area contributed by atoms with Crippen molar-refractivity contribution in [2.75, 3.05) is 11.5 Å². The Morgan fingerprint density at radius 1 is 1.50 bits per heavy atom. The third kappa shape index (κ3) is 2.53. The van der Waals surface area contributed by atoms with Crippen LogP contribution < -0.4 is 0 Å². The van der Waals surface area contributed by atoms with Gasteiger partial charge in [0.05, 0.1) is 17.8 Å². The van der Waals surface area contributed by atoms with Gasteiger partial charge in [-0.2, -0.15) is 0 Å². The van der Waals surface area contributed by atoms with Crippen LogP contribution in [0.5, 0.6) is 0 Å². The second-order valence-corrected chi connectivity index (χ2v) is 4.77. The number of carboxylic acid groups (broad SMARTS) is 1. The van der Waals surface area contributed by atoms with Crippen molar-refractivity contribution in [2.45, 2.75) is 12.5 Å². The van der Waals surface area contributed by atoms with Crippen molar-refractivity contribution in [3.8, 4) is 0 Å². The number of aromatic amines is 1. The Hall–Kier alpha value is -1.83. The minimum atomic E-state index is -1.20. The molecule has 0 spiro atoms. The number of rotatable bonds is 4. The maximum Gasteiger partial charge on any atom is 0.327 e. The number of amides is 2. The van der Waals surface area contributed by atoms with Crippen molar-refractivity contribution in [3.05, 3.63) is 18.2 Å².